The second-order valence-electron chi connectivity index (χ2n) is 6.64. The molecule has 0 bridgehead atoms. The molecule has 3 heterocycles. The van der Waals surface area contributed by atoms with Gasteiger partial charge in [-0.2, -0.15) is 0 Å². The number of hydrogen-bond donors (Lipinski definition) is 3. The van der Waals surface area contributed by atoms with Crippen molar-refractivity contribution in [3.05, 3.63) is 78.9 Å². The highest BCUT2D eigenvalue weighted by Crippen LogP contribution is 2.23. The van der Waals surface area contributed by atoms with Crippen molar-refractivity contribution in [1.29, 1.82) is 0 Å². The highest BCUT2D eigenvalue weighted by molar-refractivity contribution is 5.84. The van der Waals surface area contributed by atoms with Gasteiger partial charge in [-0.15, -0.1) is 0 Å². The lowest BCUT2D eigenvalue weighted by Crippen LogP contribution is -2.06. The van der Waals surface area contributed by atoms with Gasteiger partial charge in [0, 0.05) is 41.6 Å². The van der Waals surface area contributed by atoms with E-state index in [2.05, 4.69) is 73.8 Å². The van der Waals surface area contributed by atoms with Crippen LogP contribution in [0.5, 0.6) is 0 Å². The minimum atomic E-state index is 0.818. The van der Waals surface area contributed by atoms with Crippen molar-refractivity contribution in [3.8, 4) is 11.3 Å². The summed E-state index contributed by atoms with van der Waals surface area (Å²) in [4.78, 5) is 15.3. The monoisotopic (exact) mass is 353 g/mol. The van der Waals surface area contributed by atoms with Crippen LogP contribution in [0.25, 0.3) is 33.1 Å². The van der Waals surface area contributed by atoms with Crippen LogP contribution in [-0.2, 0) is 6.42 Å². The highest BCUT2D eigenvalue weighted by atomic mass is 15.0. The van der Waals surface area contributed by atoms with Crippen LogP contribution in [0.15, 0.2) is 73.3 Å². The minimum absolute atomic E-state index is 0.818. The Kier molecular flexibility index (Phi) is 3.83. The maximum absolute atomic E-state index is 4.43. The maximum atomic E-state index is 4.43. The molecular weight excluding hydrogens is 334 g/mol. The predicted octanol–water partition coefficient (Wildman–Crippen LogP) is 4.76. The van der Waals surface area contributed by atoms with Gasteiger partial charge in [0.2, 0.25) is 0 Å². The van der Waals surface area contributed by atoms with E-state index in [1.807, 2.05) is 18.5 Å². The molecule has 0 saturated heterocycles. The average Bonchev–Trinajstić information content (AvgIpc) is 3.36. The summed E-state index contributed by atoms with van der Waals surface area (Å²) >= 11 is 0. The van der Waals surface area contributed by atoms with Crippen molar-refractivity contribution >= 4 is 27.6 Å². The zero-order valence-electron chi connectivity index (χ0n) is 14.7. The molecule has 5 nitrogen and oxygen atoms in total. The van der Waals surface area contributed by atoms with Crippen molar-refractivity contribution in [2.24, 2.45) is 0 Å². The minimum Gasteiger partial charge on any atom is -0.370 e. The Balaban J connectivity index is 1.30. The van der Waals surface area contributed by atoms with Gasteiger partial charge in [-0.05, 0) is 47.0 Å². The fourth-order valence-electron chi connectivity index (χ4n) is 3.40. The number of rotatable bonds is 5. The number of aromatic nitrogens is 4. The molecular formula is C22H19N5. The largest absolute Gasteiger partial charge is 0.370 e. The molecule has 0 aliphatic heterocycles. The van der Waals surface area contributed by atoms with Crippen molar-refractivity contribution in [1.82, 2.24) is 19.9 Å². The van der Waals surface area contributed by atoms with E-state index in [-0.39, 0.29) is 0 Å². The van der Waals surface area contributed by atoms with Crippen molar-refractivity contribution in [2.75, 3.05) is 11.9 Å². The van der Waals surface area contributed by atoms with Gasteiger partial charge in [-0.25, -0.2) is 9.97 Å². The second-order valence-corrected chi connectivity index (χ2v) is 6.64. The number of aromatic amines is 2. The first kappa shape index (κ1) is 15.6. The van der Waals surface area contributed by atoms with Crippen molar-refractivity contribution in [3.63, 3.8) is 0 Å². The molecule has 132 valence electrons. The number of benzene rings is 2. The molecule has 0 atom stereocenters. The van der Waals surface area contributed by atoms with Crippen LogP contribution in [-0.4, -0.2) is 26.5 Å². The first-order valence-electron chi connectivity index (χ1n) is 9.05. The van der Waals surface area contributed by atoms with Crippen LogP contribution < -0.4 is 5.32 Å². The Hall–Kier alpha value is -3.60. The molecule has 0 amide bonds. The second kappa shape index (κ2) is 6.61. The third-order valence-electron chi connectivity index (χ3n) is 4.86. The average molecular weight is 353 g/mol. The lowest BCUT2D eigenvalue weighted by molar-refractivity contribution is 1.00. The van der Waals surface area contributed by atoms with Gasteiger partial charge < -0.3 is 15.3 Å². The lowest BCUT2D eigenvalue weighted by atomic mass is 10.1. The topological polar surface area (TPSA) is 69.4 Å². The van der Waals surface area contributed by atoms with Crippen LogP contribution in [0.4, 0.5) is 5.82 Å². The van der Waals surface area contributed by atoms with E-state index in [1.165, 1.54) is 21.9 Å². The van der Waals surface area contributed by atoms with E-state index in [0.717, 1.165) is 35.6 Å². The molecule has 0 unspecified atom stereocenters. The number of H-pyrrole nitrogens is 2. The van der Waals surface area contributed by atoms with Gasteiger partial charge in [-0.1, -0.05) is 24.3 Å². The molecule has 0 fully saturated rings. The number of nitrogens with one attached hydrogen (secondary N) is 3. The summed E-state index contributed by atoms with van der Waals surface area (Å²) in [7, 11) is 0. The number of nitrogens with zero attached hydrogens (tertiary/aromatic N) is 2. The number of anilines is 1. The van der Waals surface area contributed by atoms with E-state index in [9.17, 15) is 0 Å². The van der Waals surface area contributed by atoms with Gasteiger partial charge >= 0.3 is 0 Å². The molecule has 0 spiro atoms. The molecule has 5 heteroatoms. The van der Waals surface area contributed by atoms with Gasteiger partial charge in [0.25, 0.3) is 0 Å². The van der Waals surface area contributed by atoms with E-state index in [1.54, 1.807) is 6.33 Å². The van der Waals surface area contributed by atoms with Crippen molar-refractivity contribution < 1.29 is 0 Å². The Bertz CT molecular complexity index is 1220. The zero-order valence-corrected chi connectivity index (χ0v) is 14.7. The normalized spacial score (nSPS) is 11.3. The van der Waals surface area contributed by atoms with E-state index in [0.29, 0.717) is 0 Å². The third-order valence-corrected chi connectivity index (χ3v) is 4.86. The van der Waals surface area contributed by atoms with Gasteiger partial charge in [0.05, 0.1) is 5.69 Å². The Morgan fingerprint density at radius 3 is 2.41 bits per heavy atom. The summed E-state index contributed by atoms with van der Waals surface area (Å²) in [5, 5.41) is 5.85. The standard InChI is InChI=1S/C22H19N5/c1-2-16-6-9-23-19(16)11-15(1)5-8-25-22-13-21(26-14-27-22)18-4-3-17-7-10-24-20(17)12-18/h1-4,6-7,9-14,23-24H,5,8H2,(H,25,26,27). The highest BCUT2D eigenvalue weighted by Gasteiger charge is 2.04. The Labute approximate surface area is 156 Å². The van der Waals surface area contributed by atoms with Gasteiger partial charge in [0.15, 0.2) is 0 Å². The molecule has 0 aliphatic carbocycles. The number of fused-ring (bicyclic) bond motifs is 2. The fourth-order valence-corrected chi connectivity index (χ4v) is 3.40. The van der Waals surface area contributed by atoms with Crippen LogP contribution >= 0.6 is 0 Å². The van der Waals surface area contributed by atoms with E-state index in [4.69, 9.17) is 0 Å². The summed E-state index contributed by atoms with van der Waals surface area (Å²) in [5.41, 5.74) is 5.57. The quantitative estimate of drug-likeness (QED) is 0.427. The Morgan fingerprint density at radius 1 is 0.778 bits per heavy atom. The van der Waals surface area contributed by atoms with Gasteiger partial charge in [0.1, 0.15) is 12.1 Å². The maximum Gasteiger partial charge on any atom is 0.129 e. The first-order valence-corrected chi connectivity index (χ1v) is 9.05. The smallest absolute Gasteiger partial charge is 0.129 e. The molecule has 5 aromatic rings. The predicted molar refractivity (Wildman–Crippen MR) is 110 cm³/mol. The molecule has 0 aliphatic rings. The van der Waals surface area contributed by atoms with E-state index >= 15 is 0 Å². The molecule has 0 radical (unpaired) electrons. The first-order chi connectivity index (χ1) is 13.3. The molecule has 2 aromatic carbocycles. The summed E-state index contributed by atoms with van der Waals surface area (Å²) in [6.45, 7) is 0.818. The summed E-state index contributed by atoms with van der Waals surface area (Å²) in [6, 6.07) is 19.0. The van der Waals surface area contributed by atoms with Gasteiger partial charge in [-0.3, -0.25) is 0 Å². The van der Waals surface area contributed by atoms with E-state index < -0.39 is 0 Å². The third kappa shape index (κ3) is 3.15. The zero-order chi connectivity index (χ0) is 18.1. The molecule has 5 rings (SSSR count). The van der Waals surface area contributed by atoms with Crippen molar-refractivity contribution in [2.45, 2.75) is 6.42 Å². The van der Waals surface area contributed by atoms with Crippen LogP contribution in [0.3, 0.4) is 0 Å². The molecule has 27 heavy (non-hydrogen) atoms. The number of hydrogen-bond acceptors (Lipinski definition) is 3. The van der Waals surface area contributed by atoms with Crippen LogP contribution in [0, 0.1) is 0 Å². The summed E-state index contributed by atoms with van der Waals surface area (Å²) in [6.07, 6.45) is 6.47. The molecule has 3 aromatic heterocycles. The molecule has 3 N–H and O–H groups in total. The fraction of sp³-hybridized carbons (Fsp3) is 0.0909. The molecule has 0 saturated carbocycles. The summed E-state index contributed by atoms with van der Waals surface area (Å²) in [5.74, 6) is 0.840. The van der Waals surface area contributed by atoms with Crippen LogP contribution in [0.1, 0.15) is 5.56 Å². The lowest BCUT2D eigenvalue weighted by Gasteiger charge is -2.08. The summed E-state index contributed by atoms with van der Waals surface area (Å²) < 4.78 is 0. The SMILES string of the molecule is c1nc(NCCc2ccc3cc[nH]c3c2)cc(-c2ccc3cc[nH]c3c2)n1. The van der Waals surface area contributed by atoms with Crippen LogP contribution in [0.2, 0.25) is 0 Å². The Morgan fingerprint density at radius 2 is 1.56 bits per heavy atom.